The number of hydrogen-bond acceptors (Lipinski definition) is 1. The smallest absolute Gasteiger partial charge is 0.00749 e. The highest BCUT2D eigenvalue weighted by Gasteiger charge is 2.31. The summed E-state index contributed by atoms with van der Waals surface area (Å²) in [6, 6.07) is 1.62. The van der Waals surface area contributed by atoms with E-state index in [0.717, 1.165) is 12.1 Å². The van der Waals surface area contributed by atoms with Gasteiger partial charge in [-0.05, 0) is 37.5 Å². The third-order valence-electron chi connectivity index (χ3n) is 5.55. The highest BCUT2D eigenvalue weighted by molar-refractivity contribution is 4.88. The SMILES string of the molecule is CC1(C)CCC(NC2CCCCCCCCCCC2)C1. The predicted molar refractivity (Wildman–Crippen MR) is 89.1 cm³/mol. The van der Waals surface area contributed by atoms with Crippen molar-refractivity contribution in [1.82, 2.24) is 5.32 Å². The van der Waals surface area contributed by atoms with E-state index in [2.05, 4.69) is 19.2 Å². The van der Waals surface area contributed by atoms with Crippen LogP contribution in [0.2, 0.25) is 0 Å². The Bertz CT molecular complexity index is 246. The van der Waals surface area contributed by atoms with Gasteiger partial charge < -0.3 is 5.32 Å². The van der Waals surface area contributed by atoms with Gasteiger partial charge >= 0.3 is 0 Å². The molecule has 2 aliphatic carbocycles. The van der Waals surface area contributed by atoms with Gasteiger partial charge in [0.2, 0.25) is 0 Å². The van der Waals surface area contributed by atoms with Gasteiger partial charge in [0.15, 0.2) is 0 Å². The van der Waals surface area contributed by atoms with Crippen LogP contribution < -0.4 is 5.32 Å². The van der Waals surface area contributed by atoms with Crippen molar-refractivity contribution in [2.24, 2.45) is 5.41 Å². The van der Waals surface area contributed by atoms with E-state index in [1.54, 1.807) is 0 Å². The lowest BCUT2D eigenvalue weighted by Crippen LogP contribution is -2.37. The molecule has 0 saturated heterocycles. The van der Waals surface area contributed by atoms with Crippen LogP contribution in [0.25, 0.3) is 0 Å². The summed E-state index contributed by atoms with van der Waals surface area (Å²) < 4.78 is 0. The lowest BCUT2D eigenvalue weighted by atomic mass is 9.91. The number of nitrogens with one attached hydrogen (secondary N) is 1. The minimum atomic E-state index is 0.586. The molecule has 0 aromatic rings. The maximum Gasteiger partial charge on any atom is 0.00749 e. The van der Waals surface area contributed by atoms with Gasteiger partial charge in [-0.1, -0.05) is 71.6 Å². The second-order valence-electron chi connectivity index (χ2n) is 8.23. The lowest BCUT2D eigenvalue weighted by Gasteiger charge is -2.25. The highest BCUT2D eigenvalue weighted by Crippen LogP contribution is 2.37. The van der Waals surface area contributed by atoms with Crippen LogP contribution >= 0.6 is 0 Å². The van der Waals surface area contributed by atoms with Gasteiger partial charge in [-0.2, -0.15) is 0 Å². The predicted octanol–water partition coefficient (Wildman–Crippen LogP) is 5.83. The molecule has 0 aromatic carbocycles. The van der Waals surface area contributed by atoms with Crippen LogP contribution in [0, 0.1) is 5.41 Å². The molecule has 1 nitrogen and oxygen atoms in total. The second kappa shape index (κ2) is 8.41. The Morgan fingerprint density at radius 1 is 0.650 bits per heavy atom. The molecule has 2 fully saturated rings. The van der Waals surface area contributed by atoms with Gasteiger partial charge in [0.05, 0.1) is 0 Å². The molecule has 2 aliphatic rings. The molecule has 0 amide bonds. The van der Waals surface area contributed by atoms with Crippen molar-refractivity contribution in [3.63, 3.8) is 0 Å². The van der Waals surface area contributed by atoms with Gasteiger partial charge in [0, 0.05) is 12.1 Å². The molecule has 0 bridgehead atoms. The molecule has 2 saturated carbocycles. The zero-order valence-corrected chi connectivity index (χ0v) is 14.1. The molecule has 0 heterocycles. The maximum atomic E-state index is 4.03. The van der Waals surface area contributed by atoms with Crippen molar-refractivity contribution >= 4 is 0 Å². The molecule has 118 valence electrons. The average molecular weight is 280 g/mol. The van der Waals surface area contributed by atoms with Crippen LogP contribution in [0.5, 0.6) is 0 Å². The molecule has 2 rings (SSSR count). The van der Waals surface area contributed by atoms with Crippen molar-refractivity contribution in [1.29, 1.82) is 0 Å². The Kier molecular flexibility index (Phi) is 6.87. The summed E-state index contributed by atoms with van der Waals surface area (Å²) in [7, 11) is 0. The largest absolute Gasteiger partial charge is 0.311 e. The summed E-state index contributed by atoms with van der Waals surface area (Å²) in [6.45, 7) is 4.88. The summed E-state index contributed by atoms with van der Waals surface area (Å²) in [5.41, 5.74) is 0.586. The summed E-state index contributed by atoms with van der Waals surface area (Å²) in [5.74, 6) is 0. The van der Waals surface area contributed by atoms with Crippen molar-refractivity contribution in [2.75, 3.05) is 0 Å². The zero-order chi connectivity index (χ0) is 14.3. The van der Waals surface area contributed by atoms with E-state index in [4.69, 9.17) is 0 Å². The van der Waals surface area contributed by atoms with Crippen LogP contribution in [0.1, 0.15) is 104 Å². The van der Waals surface area contributed by atoms with Gasteiger partial charge in [0.25, 0.3) is 0 Å². The Morgan fingerprint density at radius 2 is 1.15 bits per heavy atom. The molecule has 0 spiro atoms. The minimum Gasteiger partial charge on any atom is -0.311 e. The van der Waals surface area contributed by atoms with Crippen molar-refractivity contribution in [2.45, 2.75) is 116 Å². The summed E-state index contributed by atoms with van der Waals surface area (Å²) in [5, 5.41) is 4.03. The van der Waals surface area contributed by atoms with E-state index in [-0.39, 0.29) is 0 Å². The summed E-state index contributed by atoms with van der Waals surface area (Å²) >= 11 is 0. The quantitative estimate of drug-likeness (QED) is 0.670. The van der Waals surface area contributed by atoms with Gasteiger partial charge in [-0.25, -0.2) is 0 Å². The fraction of sp³-hybridized carbons (Fsp3) is 1.00. The van der Waals surface area contributed by atoms with E-state index in [9.17, 15) is 0 Å². The molecule has 0 radical (unpaired) electrons. The Balaban J connectivity index is 1.74. The lowest BCUT2D eigenvalue weighted by molar-refractivity contribution is 0.330. The maximum absolute atomic E-state index is 4.03. The normalized spacial score (nSPS) is 30.6. The Morgan fingerprint density at radius 3 is 1.60 bits per heavy atom. The molecule has 1 heteroatoms. The van der Waals surface area contributed by atoms with Crippen molar-refractivity contribution in [3.05, 3.63) is 0 Å². The average Bonchev–Trinajstić information content (AvgIpc) is 2.72. The van der Waals surface area contributed by atoms with Crippen LogP contribution in [-0.4, -0.2) is 12.1 Å². The van der Waals surface area contributed by atoms with Gasteiger partial charge in [-0.3, -0.25) is 0 Å². The molecule has 1 atom stereocenters. The Hall–Kier alpha value is -0.0400. The molecule has 1 N–H and O–H groups in total. The Labute approximate surface area is 127 Å². The molecule has 1 unspecified atom stereocenters. The molecular formula is C19H37N. The fourth-order valence-electron chi connectivity index (χ4n) is 4.24. The summed E-state index contributed by atoms with van der Waals surface area (Å²) in [4.78, 5) is 0. The first kappa shape index (κ1) is 16.3. The van der Waals surface area contributed by atoms with Crippen molar-refractivity contribution in [3.8, 4) is 0 Å². The third-order valence-corrected chi connectivity index (χ3v) is 5.55. The monoisotopic (exact) mass is 279 g/mol. The molecule has 0 aliphatic heterocycles. The van der Waals surface area contributed by atoms with E-state index >= 15 is 0 Å². The minimum absolute atomic E-state index is 0.586. The van der Waals surface area contributed by atoms with Crippen LogP contribution in [-0.2, 0) is 0 Å². The fourth-order valence-corrected chi connectivity index (χ4v) is 4.24. The van der Waals surface area contributed by atoms with E-state index in [1.807, 2.05) is 0 Å². The first-order valence-electron chi connectivity index (χ1n) is 9.42. The first-order valence-corrected chi connectivity index (χ1v) is 9.42. The first-order chi connectivity index (χ1) is 9.66. The molecule has 20 heavy (non-hydrogen) atoms. The topological polar surface area (TPSA) is 12.0 Å². The van der Waals surface area contributed by atoms with Crippen LogP contribution in [0.15, 0.2) is 0 Å². The van der Waals surface area contributed by atoms with E-state index in [0.29, 0.717) is 5.41 Å². The summed E-state index contributed by atoms with van der Waals surface area (Å²) in [6.07, 6.45) is 20.3. The standard InChI is InChI=1S/C19H37N/c1-19(2)15-14-18(16-19)20-17-12-10-8-6-4-3-5-7-9-11-13-17/h17-18,20H,3-16H2,1-2H3. The van der Waals surface area contributed by atoms with E-state index in [1.165, 1.54) is 89.9 Å². The third kappa shape index (κ3) is 6.16. The molecule has 0 aromatic heterocycles. The van der Waals surface area contributed by atoms with Gasteiger partial charge in [0.1, 0.15) is 0 Å². The van der Waals surface area contributed by atoms with Gasteiger partial charge in [-0.15, -0.1) is 0 Å². The van der Waals surface area contributed by atoms with Crippen LogP contribution in [0.4, 0.5) is 0 Å². The number of rotatable bonds is 2. The highest BCUT2D eigenvalue weighted by atomic mass is 15.0. The molecular weight excluding hydrogens is 242 g/mol. The van der Waals surface area contributed by atoms with Crippen LogP contribution in [0.3, 0.4) is 0 Å². The number of hydrogen-bond donors (Lipinski definition) is 1. The second-order valence-corrected chi connectivity index (χ2v) is 8.23. The zero-order valence-electron chi connectivity index (χ0n) is 14.1. The van der Waals surface area contributed by atoms with Crippen molar-refractivity contribution < 1.29 is 0 Å². The van der Waals surface area contributed by atoms with E-state index < -0.39 is 0 Å².